The summed E-state index contributed by atoms with van der Waals surface area (Å²) in [6.45, 7) is 0. The van der Waals surface area contributed by atoms with Gasteiger partial charge in [0.2, 0.25) is 11.6 Å². The molecule has 0 bridgehead atoms. The molecule has 116 valence electrons. The van der Waals surface area contributed by atoms with Crippen LogP contribution >= 0.6 is 0 Å². The Bertz CT molecular complexity index is 947. The van der Waals surface area contributed by atoms with Crippen LogP contribution in [0.15, 0.2) is 70.9 Å². The molecular weight excluding hydrogens is 316 g/mol. The molecule has 1 aliphatic carbocycles. The summed E-state index contributed by atoms with van der Waals surface area (Å²) in [5.41, 5.74) is 5.15. The largest absolute Gasteiger partial charge is 0.394 e. The highest BCUT2D eigenvalue weighted by atomic mass is 32.2. The van der Waals surface area contributed by atoms with Crippen molar-refractivity contribution in [1.29, 1.82) is 0 Å². The highest BCUT2D eigenvalue weighted by Gasteiger charge is 2.33. The molecule has 3 N–H and O–H groups in total. The van der Waals surface area contributed by atoms with Crippen LogP contribution in [0.1, 0.15) is 20.7 Å². The van der Waals surface area contributed by atoms with Gasteiger partial charge < -0.3 is 5.73 Å². The van der Waals surface area contributed by atoms with Crippen LogP contribution in [0.4, 0.5) is 0 Å². The third kappa shape index (κ3) is 2.51. The fourth-order valence-corrected chi connectivity index (χ4v) is 3.39. The van der Waals surface area contributed by atoms with Crippen molar-refractivity contribution in [3.05, 3.63) is 77.1 Å². The van der Waals surface area contributed by atoms with Crippen molar-refractivity contribution in [3.8, 4) is 0 Å². The minimum absolute atomic E-state index is 0.0283. The van der Waals surface area contributed by atoms with Crippen LogP contribution in [-0.4, -0.2) is 20.0 Å². The standard InChI is InChI=1S/C16H12N2O4S/c17-13-14(18-23(21,22)10-6-2-1-3-7-10)16(20)12-9-5-4-8-11(12)15(13)19/h1-9,18H,17H2. The van der Waals surface area contributed by atoms with E-state index in [0.717, 1.165) is 0 Å². The summed E-state index contributed by atoms with van der Waals surface area (Å²) in [4.78, 5) is 24.7. The Hall–Kier alpha value is -2.93. The van der Waals surface area contributed by atoms with E-state index in [1.807, 2.05) is 0 Å². The minimum Gasteiger partial charge on any atom is -0.394 e. The molecule has 3 rings (SSSR count). The topological polar surface area (TPSA) is 106 Å². The molecule has 0 spiro atoms. The quantitative estimate of drug-likeness (QED) is 0.881. The predicted molar refractivity (Wildman–Crippen MR) is 83.1 cm³/mol. The van der Waals surface area contributed by atoms with Crippen molar-refractivity contribution in [1.82, 2.24) is 4.72 Å². The average Bonchev–Trinajstić information content (AvgIpc) is 2.57. The number of nitrogens with one attached hydrogen (secondary N) is 1. The van der Waals surface area contributed by atoms with Gasteiger partial charge in [0.15, 0.2) is 0 Å². The zero-order valence-electron chi connectivity index (χ0n) is 11.8. The number of carbonyl (C=O) groups is 2. The Labute approximate surface area is 132 Å². The summed E-state index contributed by atoms with van der Waals surface area (Å²) in [6, 6.07) is 13.7. The van der Waals surface area contributed by atoms with Crippen molar-refractivity contribution in [2.24, 2.45) is 5.73 Å². The molecule has 6 nitrogen and oxygen atoms in total. The van der Waals surface area contributed by atoms with E-state index in [2.05, 4.69) is 4.72 Å². The van der Waals surface area contributed by atoms with E-state index >= 15 is 0 Å². The van der Waals surface area contributed by atoms with Crippen molar-refractivity contribution in [2.45, 2.75) is 4.90 Å². The first-order valence-electron chi connectivity index (χ1n) is 6.68. The molecule has 0 saturated heterocycles. The van der Waals surface area contributed by atoms with Gasteiger partial charge in [-0.1, -0.05) is 42.5 Å². The third-order valence-corrected chi connectivity index (χ3v) is 4.81. The van der Waals surface area contributed by atoms with Crippen LogP contribution in [0, 0.1) is 0 Å². The van der Waals surface area contributed by atoms with E-state index < -0.39 is 33.0 Å². The zero-order valence-corrected chi connectivity index (χ0v) is 12.6. The van der Waals surface area contributed by atoms with Gasteiger partial charge in [0.05, 0.1) is 4.90 Å². The van der Waals surface area contributed by atoms with Crippen molar-refractivity contribution in [2.75, 3.05) is 0 Å². The van der Waals surface area contributed by atoms with E-state index in [-0.39, 0.29) is 16.0 Å². The summed E-state index contributed by atoms with van der Waals surface area (Å²) >= 11 is 0. The van der Waals surface area contributed by atoms with Crippen LogP contribution in [0.2, 0.25) is 0 Å². The van der Waals surface area contributed by atoms with Gasteiger partial charge in [-0.25, -0.2) is 8.42 Å². The fraction of sp³-hybridized carbons (Fsp3) is 0. The lowest BCUT2D eigenvalue weighted by molar-refractivity contribution is 0.0970. The highest BCUT2D eigenvalue weighted by Crippen LogP contribution is 2.23. The molecular formula is C16H12N2O4S. The Kier molecular flexibility index (Phi) is 3.49. The number of ketones is 2. The van der Waals surface area contributed by atoms with Crippen molar-refractivity contribution >= 4 is 21.6 Å². The maximum Gasteiger partial charge on any atom is 0.262 e. The van der Waals surface area contributed by atoms with Gasteiger partial charge in [-0.2, -0.15) is 0 Å². The van der Waals surface area contributed by atoms with Gasteiger partial charge in [-0.05, 0) is 12.1 Å². The van der Waals surface area contributed by atoms with Crippen LogP contribution in [0.5, 0.6) is 0 Å². The van der Waals surface area contributed by atoms with E-state index in [4.69, 9.17) is 5.73 Å². The van der Waals surface area contributed by atoms with E-state index in [1.165, 1.54) is 24.3 Å². The lowest BCUT2D eigenvalue weighted by atomic mass is 9.91. The number of fused-ring (bicyclic) bond motifs is 1. The second-order valence-corrected chi connectivity index (χ2v) is 6.59. The van der Waals surface area contributed by atoms with Gasteiger partial charge in [0.25, 0.3) is 10.0 Å². The molecule has 23 heavy (non-hydrogen) atoms. The number of carbonyl (C=O) groups excluding carboxylic acids is 2. The van der Waals surface area contributed by atoms with Crippen molar-refractivity contribution < 1.29 is 18.0 Å². The number of sulfonamides is 1. The molecule has 1 aliphatic rings. The second kappa shape index (κ2) is 5.36. The highest BCUT2D eigenvalue weighted by molar-refractivity contribution is 7.89. The first kappa shape index (κ1) is 15.0. The zero-order chi connectivity index (χ0) is 16.6. The molecule has 2 aromatic rings. The number of Topliss-reactive ketones (excluding diaryl/α,β-unsaturated/α-hetero) is 2. The average molecular weight is 328 g/mol. The van der Waals surface area contributed by atoms with Crippen LogP contribution in [0.3, 0.4) is 0 Å². The maximum atomic E-state index is 12.5. The molecule has 0 unspecified atom stereocenters. The number of allylic oxidation sites excluding steroid dienone is 2. The SMILES string of the molecule is NC1=C(NS(=O)(=O)c2ccccc2)C(=O)c2ccccc2C1=O. The van der Waals surface area contributed by atoms with E-state index in [0.29, 0.717) is 0 Å². The summed E-state index contributed by atoms with van der Waals surface area (Å²) in [5.74, 6) is -1.21. The minimum atomic E-state index is -4.01. The molecule has 0 aliphatic heterocycles. The molecule has 0 amide bonds. The number of benzene rings is 2. The fourth-order valence-electron chi connectivity index (χ4n) is 2.29. The van der Waals surface area contributed by atoms with Gasteiger partial charge in [-0.15, -0.1) is 0 Å². The predicted octanol–water partition coefficient (Wildman–Crippen LogP) is 1.21. The summed E-state index contributed by atoms with van der Waals surface area (Å²) in [6.07, 6.45) is 0. The monoisotopic (exact) mass is 328 g/mol. The number of hydrogen-bond acceptors (Lipinski definition) is 5. The smallest absolute Gasteiger partial charge is 0.262 e. The van der Waals surface area contributed by atoms with Crippen LogP contribution in [-0.2, 0) is 10.0 Å². The Morgan fingerprint density at radius 2 is 1.30 bits per heavy atom. The normalized spacial score (nSPS) is 14.6. The van der Waals surface area contributed by atoms with Gasteiger partial charge in [-0.3, -0.25) is 14.3 Å². The van der Waals surface area contributed by atoms with E-state index in [1.54, 1.807) is 30.3 Å². The summed E-state index contributed by atoms with van der Waals surface area (Å²) < 4.78 is 26.8. The van der Waals surface area contributed by atoms with E-state index in [9.17, 15) is 18.0 Å². The molecule has 7 heteroatoms. The second-order valence-electron chi connectivity index (χ2n) is 4.91. The van der Waals surface area contributed by atoms with Gasteiger partial charge in [0, 0.05) is 11.1 Å². The summed E-state index contributed by atoms with van der Waals surface area (Å²) in [5, 5.41) is 0. The van der Waals surface area contributed by atoms with Gasteiger partial charge >= 0.3 is 0 Å². The molecule has 0 saturated carbocycles. The Morgan fingerprint density at radius 3 is 1.91 bits per heavy atom. The van der Waals surface area contributed by atoms with Crippen LogP contribution in [0.25, 0.3) is 0 Å². The maximum absolute atomic E-state index is 12.5. The molecule has 2 aromatic carbocycles. The lowest BCUT2D eigenvalue weighted by Gasteiger charge is -2.19. The number of hydrogen-bond donors (Lipinski definition) is 2. The molecule has 0 radical (unpaired) electrons. The number of rotatable bonds is 3. The Balaban J connectivity index is 2.06. The molecule has 0 fully saturated rings. The third-order valence-electron chi connectivity index (χ3n) is 3.45. The molecule has 0 atom stereocenters. The van der Waals surface area contributed by atoms with Crippen LogP contribution < -0.4 is 10.5 Å². The molecule has 0 heterocycles. The summed E-state index contributed by atoms with van der Waals surface area (Å²) in [7, 11) is -4.01. The van der Waals surface area contributed by atoms with Gasteiger partial charge in [0.1, 0.15) is 11.4 Å². The van der Waals surface area contributed by atoms with Crippen molar-refractivity contribution in [3.63, 3.8) is 0 Å². The lowest BCUT2D eigenvalue weighted by Crippen LogP contribution is -2.36. The molecule has 0 aromatic heterocycles. The Morgan fingerprint density at radius 1 is 0.783 bits per heavy atom. The first-order valence-corrected chi connectivity index (χ1v) is 8.16. The first-order chi connectivity index (χ1) is 10.9. The number of nitrogens with two attached hydrogens (primary N) is 1.